The molecule has 0 fully saturated rings. The fraction of sp³-hybridized carbons (Fsp3) is 0.250. The average molecular weight is 433 g/mol. The molecule has 21 heavy (non-hydrogen) atoms. The van der Waals surface area contributed by atoms with E-state index in [0.29, 0.717) is 0 Å². The number of anilines is 2. The van der Waals surface area contributed by atoms with Crippen molar-refractivity contribution in [1.29, 1.82) is 0 Å². The van der Waals surface area contributed by atoms with Crippen molar-refractivity contribution in [3.63, 3.8) is 0 Å². The van der Waals surface area contributed by atoms with Crippen LogP contribution >= 0.6 is 43.5 Å². The van der Waals surface area contributed by atoms with Gasteiger partial charge in [0.05, 0.1) is 10.7 Å². The number of rotatable bonds is 4. The normalized spacial score (nSPS) is 12.1. The molecule has 0 bridgehead atoms. The standard InChI is InChI=1S/C16H17Br2ClN2/c1-10(13-6-4-11(17)8-14(13)18)20-12-5-7-16(21(2)3)15(19)9-12/h4-10,20H,1-3H3. The van der Waals surface area contributed by atoms with Gasteiger partial charge in [0.15, 0.2) is 0 Å². The summed E-state index contributed by atoms with van der Waals surface area (Å²) in [6.07, 6.45) is 0. The Balaban J connectivity index is 2.19. The number of hydrogen-bond acceptors (Lipinski definition) is 2. The maximum Gasteiger partial charge on any atom is 0.0659 e. The number of hydrogen-bond donors (Lipinski definition) is 1. The van der Waals surface area contributed by atoms with Crippen molar-refractivity contribution in [3.05, 3.63) is 55.9 Å². The first-order chi connectivity index (χ1) is 9.88. The van der Waals surface area contributed by atoms with Gasteiger partial charge in [0, 0.05) is 34.8 Å². The van der Waals surface area contributed by atoms with Gasteiger partial charge in [-0.2, -0.15) is 0 Å². The van der Waals surface area contributed by atoms with Crippen LogP contribution in [0.5, 0.6) is 0 Å². The first-order valence-corrected chi connectivity index (χ1v) is 8.53. The average Bonchev–Trinajstić information content (AvgIpc) is 2.37. The minimum Gasteiger partial charge on any atom is -0.378 e. The molecule has 5 heteroatoms. The molecule has 2 rings (SSSR count). The molecule has 2 nitrogen and oxygen atoms in total. The summed E-state index contributed by atoms with van der Waals surface area (Å²) in [6.45, 7) is 2.13. The van der Waals surface area contributed by atoms with Gasteiger partial charge in [-0.1, -0.05) is 49.5 Å². The maximum absolute atomic E-state index is 6.31. The highest BCUT2D eigenvalue weighted by Crippen LogP contribution is 2.32. The third-order valence-electron chi connectivity index (χ3n) is 3.24. The van der Waals surface area contributed by atoms with E-state index in [2.05, 4.69) is 56.2 Å². The molecular formula is C16H17Br2ClN2. The van der Waals surface area contributed by atoms with E-state index in [1.165, 1.54) is 5.56 Å². The van der Waals surface area contributed by atoms with Crippen LogP contribution in [0.1, 0.15) is 18.5 Å². The van der Waals surface area contributed by atoms with E-state index in [4.69, 9.17) is 11.6 Å². The molecule has 0 aromatic heterocycles. The van der Waals surface area contributed by atoms with Crippen molar-refractivity contribution in [2.24, 2.45) is 0 Å². The zero-order chi connectivity index (χ0) is 15.6. The van der Waals surface area contributed by atoms with Gasteiger partial charge in [-0.15, -0.1) is 0 Å². The summed E-state index contributed by atoms with van der Waals surface area (Å²) in [4.78, 5) is 2.00. The predicted molar refractivity (Wildman–Crippen MR) is 99.7 cm³/mol. The Morgan fingerprint density at radius 3 is 2.38 bits per heavy atom. The van der Waals surface area contributed by atoms with Gasteiger partial charge < -0.3 is 10.2 Å². The van der Waals surface area contributed by atoms with Crippen LogP contribution in [0.25, 0.3) is 0 Å². The summed E-state index contributed by atoms with van der Waals surface area (Å²) in [5, 5.41) is 4.22. The Morgan fingerprint density at radius 1 is 1.10 bits per heavy atom. The zero-order valence-corrected chi connectivity index (χ0v) is 16.1. The monoisotopic (exact) mass is 430 g/mol. The second-order valence-electron chi connectivity index (χ2n) is 5.09. The molecule has 0 aliphatic heterocycles. The lowest BCUT2D eigenvalue weighted by Crippen LogP contribution is -2.10. The highest BCUT2D eigenvalue weighted by Gasteiger charge is 2.11. The Kier molecular flexibility index (Phi) is 5.58. The quantitative estimate of drug-likeness (QED) is 0.628. The third-order valence-corrected chi connectivity index (χ3v) is 4.72. The lowest BCUT2D eigenvalue weighted by molar-refractivity contribution is 0.878. The Bertz CT molecular complexity index is 644. The molecule has 0 aliphatic carbocycles. The van der Waals surface area contributed by atoms with Crippen molar-refractivity contribution in [2.75, 3.05) is 24.3 Å². The largest absolute Gasteiger partial charge is 0.378 e. The topological polar surface area (TPSA) is 15.3 Å². The van der Waals surface area contributed by atoms with Crippen LogP contribution in [0.2, 0.25) is 5.02 Å². The first-order valence-electron chi connectivity index (χ1n) is 6.57. The van der Waals surface area contributed by atoms with Gasteiger partial charge in [-0.3, -0.25) is 0 Å². The van der Waals surface area contributed by atoms with Gasteiger partial charge in [-0.25, -0.2) is 0 Å². The van der Waals surface area contributed by atoms with Crippen molar-refractivity contribution in [2.45, 2.75) is 13.0 Å². The van der Waals surface area contributed by atoms with Crippen LogP contribution in [0.3, 0.4) is 0 Å². The minimum absolute atomic E-state index is 0.175. The summed E-state index contributed by atoms with van der Waals surface area (Å²) < 4.78 is 2.14. The van der Waals surface area contributed by atoms with Gasteiger partial charge >= 0.3 is 0 Å². The van der Waals surface area contributed by atoms with E-state index in [-0.39, 0.29) is 6.04 Å². The molecule has 1 N–H and O–H groups in total. The number of halogens is 3. The van der Waals surface area contributed by atoms with Crippen LogP contribution in [-0.2, 0) is 0 Å². The molecular weight excluding hydrogens is 415 g/mol. The highest BCUT2D eigenvalue weighted by atomic mass is 79.9. The molecule has 0 aliphatic rings. The summed E-state index contributed by atoms with van der Waals surface area (Å²) in [5.41, 5.74) is 3.22. The van der Waals surface area contributed by atoms with E-state index in [9.17, 15) is 0 Å². The summed E-state index contributed by atoms with van der Waals surface area (Å²) in [7, 11) is 3.96. The van der Waals surface area contributed by atoms with Gasteiger partial charge in [0.25, 0.3) is 0 Å². The molecule has 0 heterocycles. The van der Waals surface area contributed by atoms with Crippen LogP contribution in [0.4, 0.5) is 11.4 Å². The molecule has 1 atom stereocenters. The highest BCUT2D eigenvalue weighted by molar-refractivity contribution is 9.11. The van der Waals surface area contributed by atoms with Crippen LogP contribution < -0.4 is 10.2 Å². The SMILES string of the molecule is CC(Nc1ccc(N(C)C)c(Cl)c1)c1ccc(Br)cc1Br. The van der Waals surface area contributed by atoms with E-state index >= 15 is 0 Å². The Hall–Kier alpha value is -0.710. The second-order valence-corrected chi connectivity index (χ2v) is 7.27. The first kappa shape index (κ1) is 16.7. The fourth-order valence-corrected chi connectivity index (χ4v) is 3.88. The molecule has 112 valence electrons. The van der Waals surface area contributed by atoms with Crippen LogP contribution in [0.15, 0.2) is 45.3 Å². The van der Waals surface area contributed by atoms with Crippen molar-refractivity contribution < 1.29 is 0 Å². The van der Waals surface area contributed by atoms with Crippen LogP contribution in [-0.4, -0.2) is 14.1 Å². The lowest BCUT2D eigenvalue weighted by Gasteiger charge is -2.20. The molecule has 0 saturated carbocycles. The van der Waals surface area contributed by atoms with Gasteiger partial charge in [0.1, 0.15) is 0 Å². The van der Waals surface area contributed by atoms with E-state index in [1.54, 1.807) is 0 Å². The Labute approximate surface area is 147 Å². The number of benzene rings is 2. The van der Waals surface area contributed by atoms with Crippen molar-refractivity contribution >= 4 is 54.8 Å². The molecule has 0 spiro atoms. The second kappa shape index (κ2) is 7.03. The number of nitrogens with zero attached hydrogens (tertiary/aromatic N) is 1. The summed E-state index contributed by atoms with van der Waals surface area (Å²) >= 11 is 13.4. The van der Waals surface area contributed by atoms with E-state index < -0.39 is 0 Å². The third kappa shape index (κ3) is 4.15. The van der Waals surface area contributed by atoms with Crippen molar-refractivity contribution in [3.8, 4) is 0 Å². The molecule has 0 radical (unpaired) electrons. The van der Waals surface area contributed by atoms with E-state index in [1.807, 2.05) is 43.3 Å². The van der Waals surface area contributed by atoms with Crippen LogP contribution in [0, 0.1) is 0 Å². The summed E-state index contributed by atoms with van der Waals surface area (Å²) in [6, 6.07) is 12.4. The predicted octanol–water partition coefficient (Wildman–Crippen LogP) is 6.10. The lowest BCUT2D eigenvalue weighted by atomic mass is 10.1. The molecule has 1 unspecified atom stereocenters. The maximum atomic E-state index is 6.31. The molecule has 2 aromatic carbocycles. The van der Waals surface area contributed by atoms with Crippen molar-refractivity contribution in [1.82, 2.24) is 0 Å². The van der Waals surface area contributed by atoms with Gasteiger partial charge in [-0.05, 0) is 42.8 Å². The smallest absolute Gasteiger partial charge is 0.0659 e. The van der Waals surface area contributed by atoms with Gasteiger partial charge in [0.2, 0.25) is 0 Å². The number of nitrogens with one attached hydrogen (secondary N) is 1. The minimum atomic E-state index is 0.175. The fourth-order valence-electron chi connectivity index (χ4n) is 2.14. The molecule has 0 amide bonds. The van der Waals surface area contributed by atoms with E-state index in [0.717, 1.165) is 25.3 Å². The Morgan fingerprint density at radius 2 is 1.81 bits per heavy atom. The molecule has 2 aromatic rings. The zero-order valence-electron chi connectivity index (χ0n) is 12.1. The summed E-state index contributed by atoms with van der Waals surface area (Å²) in [5.74, 6) is 0. The molecule has 0 saturated heterocycles.